The van der Waals surface area contributed by atoms with Gasteiger partial charge in [-0.2, -0.15) is 0 Å². The summed E-state index contributed by atoms with van der Waals surface area (Å²) in [6, 6.07) is 6.32. The number of fused-ring (bicyclic) bond motifs is 1. The number of carbonyl (C=O) groups excluding carboxylic acids is 1. The number of carbonyl (C=O) groups is 1. The van der Waals surface area contributed by atoms with Crippen molar-refractivity contribution in [3.05, 3.63) is 41.8 Å². The predicted octanol–water partition coefficient (Wildman–Crippen LogP) is 2.74. The van der Waals surface area contributed by atoms with Crippen LogP contribution in [-0.2, 0) is 0 Å². The SMILES string of the molecule is NC1CCC(NC(=O)c2cc(F)cnc2Oc2ccc3c(c2)OCO3)CC1. The van der Waals surface area contributed by atoms with E-state index in [2.05, 4.69) is 10.3 Å². The molecule has 7 nitrogen and oxygen atoms in total. The lowest BCUT2D eigenvalue weighted by molar-refractivity contribution is 0.0922. The van der Waals surface area contributed by atoms with Gasteiger partial charge in [-0.15, -0.1) is 0 Å². The summed E-state index contributed by atoms with van der Waals surface area (Å²) in [6.45, 7) is 0.145. The van der Waals surface area contributed by atoms with Crippen molar-refractivity contribution in [2.24, 2.45) is 5.73 Å². The molecule has 0 radical (unpaired) electrons. The Balaban J connectivity index is 1.52. The summed E-state index contributed by atoms with van der Waals surface area (Å²) in [5.74, 6) is 0.570. The molecule has 3 N–H and O–H groups in total. The number of amides is 1. The van der Waals surface area contributed by atoms with Gasteiger partial charge < -0.3 is 25.3 Å². The Labute approximate surface area is 155 Å². The van der Waals surface area contributed by atoms with E-state index in [0.717, 1.165) is 37.9 Å². The molecular weight excluding hydrogens is 353 g/mol. The third-order valence-corrected chi connectivity index (χ3v) is 4.73. The molecule has 8 heteroatoms. The molecule has 142 valence electrons. The normalized spacial score (nSPS) is 21.0. The number of hydrogen-bond acceptors (Lipinski definition) is 6. The van der Waals surface area contributed by atoms with Crippen molar-refractivity contribution in [1.29, 1.82) is 0 Å². The van der Waals surface area contributed by atoms with E-state index < -0.39 is 11.7 Å². The minimum Gasteiger partial charge on any atom is -0.454 e. The van der Waals surface area contributed by atoms with Gasteiger partial charge in [0.1, 0.15) is 17.1 Å². The third kappa shape index (κ3) is 3.95. The molecular formula is C19H20FN3O4. The highest BCUT2D eigenvalue weighted by Gasteiger charge is 2.23. The van der Waals surface area contributed by atoms with Crippen molar-refractivity contribution in [1.82, 2.24) is 10.3 Å². The number of halogens is 1. The lowest BCUT2D eigenvalue weighted by Crippen LogP contribution is -2.40. The number of benzene rings is 1. The van der Waals surface area contributed by atoms with Crippen molar-refractivity contribution in [3.63, 3.8) is 0 Å². The van der Waals surface area contributed by atoms with Crippen LogP contribution >= 0.6 is 0 Å². The summed E-state index contributed by atoms with van der Waals surface area (Å²) in [7, 11) is 0. The zero-order valence-corrected chi connectivity index (χ0v) is 14.6. The molecule has 2 aromatic rings. The maximum Gasteiger partial charge on any atom is 0.257 e. The van der Waals surface area contributed by atoms with Gasteiger partial charge in [0, 0.05) is 18.2 Å². The third-order valence-electron chi connectivity index (χ3n) is 4.73. The molecule has 1 aromatic carbocycles. The number of hydrogen-bond donors (Lipinski definition) is 2. The lowest BCUT2D eigenvalue weighted by Gasteiger charge is -2.27. The summed E-state index contributed by atoms with van der Waals surface area (Å²) in [4.78, 5) is 16.6. The largest absolute Gasteiger partial charge is 0.454 e. The van der Waals surface area contributed by atoms with Crippen molar-refractivity contribution in [3.8, 4) is 23.1 Å². The first-order chi connectivity index (χ1) is 13.1. The number of nitrogens with one attached hydrogen (secondary N) is 1. The Morgan fingerprint density at radius 3 is 2.78 bits per heavy atom. The van der Waals surface area contributed by atoms with E-state index in [4.69, 9.17) is 19.9 Å². The van der Waals surface area contributed by atoms with E-state index in [-0.39, 0.29) is 30.3 Å². The van der Waals surface area contributed by atoms with E-state index in [1.165, 1.54) is 0 Å². The zero-order valence-electron chi connectivity index (χ0n) is 14.6. The molecule has 2 heterocycles. The average Bonchev–Trinajstić information content (AvgIpc) is 3.13. The van der Waals surface area contributed by atoms with Gasteiger partial charge in [-0.25, -0.2) is 9.37 Å². The van der Waals surface area contributed by atoms with Crippen LogP contribution in [0.2, 0.25) is 0 Å². The molecule has 0 bridgehead atoms. The molecule has 1 aromatic heterocycles. The zero-order chi connectivity index (χ0) is 18.8. The second-order valence-electron chi connectivity index (χ2n) is 6.71. The minimum atomic E-state index is -0.608. The molecule has 1 aliphatic heterocycles. The Morgan fingerprint density at radius 2 is 1.96 bits per heavy atom. The first kappa shape index (κ1) is 17.5. The summed E-state index contributed by atoms with van der Waals surface area (Å²) in [5, 5.41) is 2.92. The molecule has 0 unspecified atom stereocenters. The van der Waals surface area contributed by atoms with Gasteiger partial charge >= 0.3 is 0 Å². The van der Waals surface area contributed by atoms with E-state index in [9.17, 15) is 9.18 Å². The fourth-order valence-corrected chi connectivity index (χ4v) is 3.25. The van der Waals surface area contributed by atoms with Gasteiger partial charge in [-0.1, -0.05) is 0 Å². The molecule has 2 aliphatic rings. The average molecular weight is 373 g/mol. The van der Waals surface area contributed by atoms with Crippen LogP contribution in [0.4, 0.5) is 4.39 Å². The van der Waals surface area contributed by atoms with Crippen molar-refractivity contribution < 1.29 is 23.4 Å². The molecule has 1 fully saturated rings. The summed E-state index contributed by atoms with van der Waals surface area (Å²) < 4.78 is 30.0. The predicted molar refractivity (Wildman–Crippen MR) is 94.5 cm³/mol. The fraction of sp³-hybridized carbons (Fsp3) is 0.368. The van der Waals surface area contributed by atoms with Crippen LogP contribution < -0.4 is 25.3 Å². The Hall–Kier alpha value is -2.87. The maximum absolute atomic E-state index is 13.7. The molecule has 1 amide bonds. The molecule has 0 saturated heterocycles. The summed E-state index contributed by atoms with van der Waals surface area (Å²) in [6.07, 6.45) is 4.32. The molecule has 0 spiro atoms. The first-order valence-corrected chi connectivity index (χ1v) is 8.88. The molecule has 1 aliphatic carbocycles. The Bertz CT molecular complexity index is 853. The second-order valence-corrected chi connectivity index (χ2v) is 6.71. The van der Waals surface area contributed by atoms with Crippen LogP contribution in [0.5, 0.6) is 23.1 Å². The highest BCUT2D eigenvalue weighted by atomic mass is 19.1. The lowest BCUT2D eigenvalue weighted by atomic mass is 9.91. The molecule has 1 saturated carbocycles. The molecule has 4 rings (SSSR count). The number of pyridine rings is 1. The van der Waals surface area contributed by atoms with Gasteiger partial charge in [0.05, 0.1) is 6.20 Å². The minimum absolute atomic E-state index is 0.0129. The Kier molecular flexibility index (Phi) is 4.81. The van der Waals surface area contributed by atoms with Crippen LogP contribution in [0.1, 0.15) is 36.0 Å². The molecule has 27 heavy (non-hydrogen) atoms. The van der Waals surface area contributed by atoms with Gasteiger partial charge in [-0.05, 0) is 43.9 Å². The number of ether oxygens (including phenoxy) is 3. The second kappa shape index (κ2) is 7.40. The maximum atomic E-state index is 13.7. The summed E-state index contributed by atoms with van der Waals surface area (Å²) >= 11 is 0. The standard InChI is InChI=1S/C19H20FN3O4/c20-11-7-15(18(24)23-13-3-1-12(21)2-4-13)19(22-9-11)27-14-5-6-16-17(8-14)26-10-25-16/h5-9,12-13H,1-4,10,21H2,(H,23,24). The van der Waals surface area contributed by atoms with Crippen LogP contribution in [0.3, 0.4) is 0 Å². The smallest absolute Gasteiger partial charge is 0.257 e. The monoisotopic (exact) mass is 373 g/mol. The van der Waals surface area contributed by atoms with Crippen molar-refractivity contribution in [2.75, 3.05) is 6.79 Å². The quantitative estimate of drug-likeness (QED) is 0.856. The van der Waals surface area contributed by atoms with Crippen LogP contribution in [-0.4, -0.2) is 29.8 Å². The Morgan fingerprint density at radius 1 is 1.19 bits per heavy atom. The van der Waals surface area contributed by atoms with Gasteiger partial charge in [-0.3, -0.25) is 4.79 Å². The summed E-state index contributed by atoms with van der Waals surface area (Å²) in [5.41, 5.74) is 5.94. The van der Waals surface area contributed by atoms with Crippen LogP contribution in [0.15, 0.2) is 30.5 Å². The first-order valence-electron chi connectivity index (χ1n) is 8.88. The number of rotatable bonds is 4. The topological polar surface area (TPSA) is 95.7 Å². The van der Waals surface area contributed by atoms with Crippen molar-refractivity contribution >= 4 is 5.91 Å². The highest BCUT2D eigenvalue weighted by molar-refractivity contribution is 5.96. The number of nitrogens with two attached hydrogens (primary N) is 1. The van der Waals surface area contributed by atoms with Gasteiger partial charge in [0.25, 0.3) is 5.91 Å². The van der Waals surface area contributed by atoms with E-state index in [0.29, 0.717) is 17.2 Å². The number of nitrogens with zero attached hydrogens (tertiary/aromatic N) is 1. The van der Waals surface area contributed by atoms with E-state index in [1.54, 1.807) is 18.2 Å². The van der Waals surface area contributed by atoms with Gasteiger partial charge in [0.2, 0.25) is 12.7 Å². The fourth-order valence-electron chi connectivity index (χ4n) is 3.25. The van der Waals surface area contributed by atoms with E-state index >= 15 is 0 Å². The molecule has 0 atom stereocenters. The van der Waals surface area contributed by atoms with Crippen LogP contribution in [0.25, 0.3) is 0 Å². The van der Waals surface area contributed by atoms with Crippen LogP contribution in [0, 0.1) is 5.82 Å². The van der Waals surface area contributed by atoms with E-state index in [1.807, 2.05) is 0 Å². The highest BCUT2D eigenvalue weighted by Crippen LogP contribution is 2.36. The van der Waals surface area contributed by atoms with Gasteiger partial charge in [0.15, 0.2) is 11.5 Å². The van der Waals surface area contributed by atoms with Crippen molar-refractivity contribution in [2.45, 2.75) is 37.8 Å². The number of aromatic nitrogens is 1.